The number of rotatable bonds is 13. The highest BCUT2D eigenvalue weighted by molar-refractivity contribution is 6.36. The Morgan fingerprint density at radius 1 is 1.12 bits per heavy atom. The van der Waals surface area contributed by atoms with Gasteiger partial charge in [0, 0.05) is 46.5 Å². The third-order valence-corrected chi connectivity index (χ3v) is 8.08. The summed E-state index contributed by atoms with van der Waals surface area (Å²) in [6.07, 6.45) is 7.29. The number of piperidine rings is 1. The normalized spacial score (nSPS) is 16.3. The number of nitrogen functional groups attached to an aromatic ring is 1. The molecule has 1 unspecified atom stereocenters. The van der Waals surface area contributed by atoms with E-state index in [1.165, 1.54) is 15.8 Å². The van der Waals surface area contributed by atoms with Gasteiger partial charge >= 0.3 is 12.1 Å². The molecule has 0 bridgehead atoms. The van der Waals surface area contributed by atoms with Crippen molar-refractivity contribution < 1.29 is 28.9 Å². The molecule has 4 N–H and O–H groups in total. The van der Waals surface area contributed by atoms with Crippen molar-refractivity contribution in [2.75, 3.05) is 24.2 Å². The highest BCUT2D eigenvalue weighted by atomic mass is 35.5. The smallest absolute Gasteiger partial charge is 0.411 e. The van der Waals surface area contributed by atoms with Crippen molar-refractivity contribution in [1.82, 2.24) is 30.0 Å². The first kappa shape index (κ1) is 36.7. The molecule has 2 amide bonds. The third kappa shape index (κ3) is 10.4. The minimum absolute atomic E-state index is 0.0968. The van der Waals surface area contributed by atoms with Crippen LogP contribution in [0, 0.1) is 0 Å². The van der Waals surface area contributed by atoms with E-state index in [-0.39, 0.29) is 44.4 Å². The van der Waals surface area contributed by atoms with Gasteiger partial charge in [-0.15, -0.1) is 0 Å². The van der Waals surface area contributed by atoms with E-state index in [1.54, 1.807) is 51.4 Å². The predicted molar refractivity (Wildman–Crippen MR) is 181 cm³/mol. The predicted octanol–water partition coefficient (Wildman–Crippen LogP) is 5.39. The summed E-state index contributed by atoms with van der Waals surface area (Å²) < 4.78 is 6.98. The van der Waals surface area contributed by atoms with Gasteiger partial charge in [0.25, 0.3) is 0 Å². The number of hydrogen-bond acceptors (Lipinski definition) is 11. The van der Waals surface area contributed by atoms with Gasteiger partial charge in [0.05, 0.1) is 24.7 Å². The molecule has 260 valence electrons. The molecule has 1 aliphatic rings. The van der Waals surface area contributed by atoms with E-state index in [0.717, 1.165) is 19.3 Å². The first-order valence-corrected chi connectivity index (χ1v) is 16.5. The SMILES string of the molecule is CCCCCOOC(=O)[C@H]1CC(NC(=O)Cn2cc(-c3cnc(N)c(NCc4c(Cl)cccc4Cl)n3)cn2)CCN1C(=O)OC(C)(C)C. The Balaban J connectivity index is 1.36. The number of nitrogens with one attached hydrogen (secondary N) is 2. The van der Waals surface area contributed by atoms with Gasteiger partial charge in [0.1, 0.15) is 18.2 Å². The van der Waals surface area contributed by atoms with Crippen LogP contribution < -0.4 is 16.4 Å². The second kappa shape index (κ2) is 16.8. The van der Waals surface area contributed by atoms with Gasteiger partial charge in [-0.25, -0.2) is 19.6 Å². The lowest BCUT2D eigenvalue weighted by atomic mass is 9.97. The van der Waals surface area contributed by atoms with Crippen molar-refractivity contribution in [3.05, 3.63) is 52.4 Å². The second-order valence-corrected chi connectivity index (χ2v) is 13.2. The number of nitrogens with two attached hydrogens (primary N) is 1. The van der Waals surface area contributed by atoms with Crippen LogP contribution in [0.25, 0.3) is 11.3 Å². The number of anilines is 2. The second-order valence-electron chi connectivity index (χ2n) is 12.4. The number of ether oxygens (including phenoxy) is 1. The monoisotopic (exact) mass is 704 g/mol. The largest absolute Gasteiger partial charge is 0.444 e. The Bertz CT molecular complexity index is 1560. The van der Waals surface area contributed by atoms with E-state index in [4.69, 9.17) is 43.4 Å². The minimum Gasteiger partial charge on any atom is -0.444 e. The first-order chi connectivity index (χ1) is 22.8. The summed E-state index contributed by atoms with van der Waals surface area (Å²) in [5, 5.41) is 11.4. The van der Waals surface area contributed by atoms with Gasteiger partial charge in [-0.2, -0.15) is 9.99 Å². The van der Waals surface area contributed by atoms with E-state index >= 15 is 0 Å². The molecule has 3 aromatic rings. The number of unbranched alkanes of at least 4 members (excludes halogenated alkanes) is 2. The van der Waals surface area contributed by atoms with Gasteiger partial charge in [-0.05, 0) is 52.2 Å². The summed E-state index contributed by atoms with van der Waals surface area (Å²) in [5.74, 6) is -0.519. The topological polar surface area (TPSA) is 176 Å². The summed E-state index contributed by atoms with van der Waals surface area (Å²) in [5.41, 5.74) is 7.09. The number of carbonyl (C=O) groups excluding carboxylic acids is 3. The minimum atomic E-state index is -0.998. The highest BCUT2D eigenvalue weighted by Gasteiger charge is 2.40. The summed E-state index contributed by atoms with van der Waals surface area (Å²) in [6.45, 7) is 7.91. The number of aromatic nitrogens is 4. The van der Waals surface area contributed by atoms with Crippen LogP contribution in [0.2, 0.25) is 10.0 Å². The summed E-state index contributed by atoms with van der Waals surface area (Å²) in [6, 6.07) is 3.83. The van der Waals surface area contributed by atoms with Gasteiger partial charge in [0.2, 0.25) is 5.91 Å². The molecular formula is C32H42Cl2N8O6. The molecule has 0 spiro atoms. The maximum atomic E-state index is 13.1. The lowest BCUT2D eigenvalue weighted by Crippen LogP contribution is -2.56. The lowest BCUT2D eigenvalue weighted by molar-refractivity contribution is -0.277. The van der Waals surface area contributed by atoms with Crippen LogP contribution in [0.4, 0.5) is 16.4 Å². The van der Waals surface area contributed by atoms with Crippen LogP contribution in [0.15, 0.2) is 36.8 Å². The third-order valence-electron chi connectivity index (χ3n) is 7.37. The fourth-order valence-electron chi connectivity index (χ4n) is 4.97. The van der Waals surface area contributed by atoms with Crippen molar-refractivity contribution in [3.8, 4) is 11.3 Å². The number of carbonyl (C=O) groups is 3. The van der Waals surface area contributed by atoms with Crippen molar-refractivity contribution in [1.29, 1.82) is 0 Å². The van der Waals surface area contributed by atoms with Crippen LogP contribution in [0.3, 0.4) is 0 Å². The van der Waals surface area contributed by atoms with Crippen LogP contribution >= 0.6 is 23.2 Å². The zero-order valence-corrected chi connectivity index (χ0v) is 29.0. The van der Waals surface area contributed by atoms with Gasteiger partial charge in [-0.1, -0.05) is 49.0 Å². The molecule has 2 atom stereocenters. The molecule has 1 fully saturated rings. The van der Waals surface area contributed by atoms with E-state index in [2.05, 4.69) is 32.6 Å². The van der Waals surface area contributed by atoms with Crippen molar-refractivity contribution in [3.63, 3.8) is 0 Å². The zero-order valence-electron chi connectivity index (χ0n) is 27.5. The van der Waals surface area contributed by atoms with Gasteiger partial charge in [0.15, 0.2) is 11.6 Å². The molecule has 1 aromatic carbocycles. The molecule has 14 nitrogen and oxygen atoms in total. The standard InChI is InChI=1S/C32H42Cl2N8O6/c1-5-6-7-13-46-48-30(44)26-14-21(11-12-42(26)31(45)47-32(2,3)4)39-27(43)19-41-18-20(15-38-41)25-17-36-28(35)29(40-25)37-16-22-23(33)9-8-10-24(22)34/h8-10,15,17-18,21,26H,5-7,11-14,16,19H2,1-4H3,(H2,35,36)(H,37,40)(H,39,43)/t21?,26-/m1/s1. The number of hydrogen-bond donors (Lipinski definition) is 3. The van der Waals surface area contributed by atoms with Crippen molar-refractivity contribution >= 4 is 52.8 Å². The molecule has 3 heterocycles. The molecule has 2 aromatic heterocycles. The fraction of sp³-hybridized carbons (Fsp3) is 0.500. The molecule has 4 rings (SSSR count). The summed E-state index contributed by atoms with van der Waals surface area (Å²) >= 11 is 12.6. The maximum absolute atomic E-state index is 13.1. The summed E-state index contributed by atoms with van der Waals surface area (Å²) in [4.78, 5) is 59.3. The summed E-state index contributed by atoms with van der Waals surface area (Å²) in [7, 11) is 0. The average molecular weight is 706 g/mol. The van der Waals surface area contributed by atoms with E-state index in [9.17, 15) is 14.4 Å². The highest BCUT2D eigenvalue weighted by Crippen LogP contribution is 2.27. The molecule has 16 heteroatoms. The van der Waals surface area contributed by atoms with E-state index in [0.29, 0.717) is 39.1 Å². The van der Waals surface area contributed by atoms with Crippen LogP contribution in [-0.4, -0.2) is 73.5 Å². The Labute approximate surface area is 289 Å². The number of likely N-dealkylation sites (tertiary alicyclic amines) is 1. The van der Waals surface area contributed by atoms with Crippen molar-refractivity contribution in [2.45, 2.75) is 90.6 Å². The van der Waals surface area contributed by atoms with Crippen molar-refractivity contribution in [2.24, 2.45) is 0 Å². The Hall–Kier alpha value is -4.14. The van der Waals surface area contributed by atoms with E-state index in [1.807, 2.05) is 0 Å². The Morgan fingerprint density at radius 2 is 1.88 bits per heavy atom. The fourth-order valence-corrected chi connectivity index (χ4v) is 5.50. The lowest BCUT2D eigenvalue weighted by Gasteiger charge is -2.38. The molecule has 1 saturated heterocycles. The van der Waals surface area contributed by atoms with Crippen LogP contribution in [0.1, 0.15) is 65.4 Å². The van der Waals surface area contributed by atoms with Crippen LogP contribution in [-0.2, 0) is 37.2 Å². The molecule has 48 heavy (non-hydrogen) atoms. The Morgan fingerprint density at radius 3 is 2.58 bits per heavy atom. The van der Waals surface area contributed by atoms with Gasteiger partial charge < -0.3 is 21.1 Å². The quantitative estimate of drug-likeness (QED) is 0.118. The number of nitrogens with zero attached hydrogens (tertiary/aromatic N) is 5. The number of benzene rings is 1. The molecule has 0 aliphatic carbocycles. The zero-order chi connectivity index (χ0) is 34.8. The molecule has 1 aliphatic heterocycles. The van der Waals surface area contributed by atoms with Crippen LogP contribution in [0.5, 0.6) is 0 Å². The average Bonchev–Trinajstić information content (AvgIpc) is 3.48. The number of halogens is 2. The molecular weight excluding hydrogens is 663 g/mol. The molecule has 0 saturated carbocycles. The maximum Gasteiger partial charge on any atom is 0.411 e. The molecule has 0 radical (unpaired) electrons. The number of amides is 2. The Kier molecular flexibility index (Phi) is 12.8. The first-order valence-electron chi connectivity index (χ1n) is 15.8. The van der Waals surface area contributed by atoms with E-state index < -0.39 is 29.7 Å². The van der Waals surface area contributed by atoms with Gasteiger partial charge in [-0.3, -0.25) is 19.3 Å².